The van der Waals surface area contributed by atoms with Crippen molar-refractivity contribution in [3.05, 3.63) is 295 Å². The topological polar surface area (TPSA) is 24.6 Å². The molecule has 0 bridgehead atoms. The van der Waals surface area contributed by atoms with E-state index >= 15 is 0 Å². The van der Waals surface area contributed by atoms with Crippen molar-refractivity contribution in [1.29, 1.82) is 0 Å². The molecule has 3 heterocycles. The highest BCUT2D eigenvalue weighted by molar-refractivity contribution is 6.17. The Bertz CT molecular complexity index is 4240. The summed E-state index contributed by atoms with van der Waals surface area (Å²) in [4.78, 5) is 4.96. The first-order valence-corrected chi connectivity index (χ1v) is 25.1. The van der Waals surface area contributed by atoms with Crippen molar-refractivity contribution >= 4 is 66.9 Å². The number of aromatic nitrogens is 1. The number of nitrogens with zero attached hydrogens (tertiary/aromatic N) is 3. The summed E-state index contributed by atoms with van der Waals surface area (Å²) in [6.45, 7) is 0. The molecule has 342 valence electrons. The van der Waals surface area contributed by atoms with Gasteiger partial charge in [-0.25, -0.2) is 0 Å². The van der Waals surface area contributed by atoms with Crippen LogP contribution in [0.4, 0.5) is 34.1 Å². The van der Waals surface area contributed by atoms with Crippen molar-refractivity contribution in [2.75, 3.05) is 9.80 Å². The van der Waals surface area contributed by atoms with Gasteiger partial charge in [-0.1, -0.05) is 182 Å². The van der Waals surface area contributed by atoms with E-state index in [-0.39, 0.29) is 0 Å². The van der Waals surface area contributed by atoms with Gasteiger partial charge in [0.15, 0.2) is 0 Å². The fraction of sp³-hybridized carbons (Fsp3) is 0.0145. The van der Waals surface area contributed by atoms with Crippen LogP contribution in [0.25, 0.3) is 72.0 Å². The maximum absolute atomic E-state index is 7.01. The number of benzene rings is 11. The molecule has 2 aliphatic rings. The highest BCUT2D eigenvalue weighted by Gasteiger charge is 2.52. The Kier molecular flexibility index (Phi) is 9.14. The second-order valence-corrected chi connectivity index (χ2v) is 19.2. The van der Waals surface area contributed by atoms with E-state index < -0.39 is 5.41 Å². The predicted octanol–water partition coefficient (Wildman–Crippen LogP) is 18.5. The smallest absolute Gasteiger partial charge is 0.137 e. The van der Waals surface area contributed by atoms with Gasteiger partial charge < -0.3 is 18.8 Å². The molecule has 73 heavy (non-hydrogen) atoms. The van der Waals surface area contributed by atoms with E-state index in [2.05, 4.69) is 287 Å². The van der Waals surface area contributed by atoms with E-state index in [9.17, 15) is 0 Å². The Balaban J connectivity index is 1.04. The van der Waals surface area contributed by atoms with Crippen LogP contribution in [0.1, 0.15) is 22.3 Å². The minimum atomic E-state index is -0.643. The van der Waals surface area contributed by atoms with Gasteiger partial charge in [0.05, 0.1) is 39.2 Å². The lowest BCUT2D eigenvalue weighted by molar-refractivity contribution is 0.632. The summed E-state index contributed by atoms with van der Waals surface area (Å²) in [6, 6.07) is 99.6. The van der Waals surface area contributed by atoms with Gasteiger partial charge in [-0.2, -0.15) is 0 Å². The molecule has 0 saturated carbocycles. The molecule has 4 nitrogen and oxygen atoms in total. The van der Waals surface area contributed by atoms with Crippen molar-refractivity contribution in [2.24, 2.45) is 0 Å². The van der Waals surface area contributed by atoms with Gasteiger partial charge in [0.25, 0.3) is 0 Å². The Morgan fingerprint density at radius 2 is 0.959 bits per heavy atom. The van der Waals surface area contributed by atoms with E-state index in [1.54, 1.807) is 0 Å². The van der Waals surface area contributed by atoms with Crippen LogP contribution in [0, 0.1) is 0 Å². The summed E-state index contributed by atoms with van der Waals surface area (Å²) in [5, 5.41) is 3.39. The largest absolute Gasteiger partial charge is 0.456 e. The third-order valence-corrected chi connectivity index (χ3v) is 15.4. The number of rotatable bonds is 7. The molecule has 4 heteroatoms. The summed E-state index contributed by atoms with van der Waals surface area (Å²) < 4.78 is 9.42. The third kappa shape index (κ3) is 6.08. The molecule has 1 aliphatic heterocycles. The van der Waals surface area contributed by atoms with E-state index in [0.29, 0.717) is 0 Å². The lowest BCUT2D eigenvalue weighted by atomic mass is 9.64. The molecule has 0 atom stereocenters. The Morgan fingerprint density at radius 1 is 0.370 bits per heavy atom. The lowest BCUT2D eigenvalue weighted by Crippen LogP contribution is -2.36. The zero-order valence-corrected chi connectivity index (χ0v) is 39.7. The van der Waals surface area contributed by atoms with Crippen LogP contribution < -0.4 is 9.80 Å². The maximum Gasteiger partial charge on any atom is 0.137 e. The summed E-state index contributed by atoms with van der Waals surface area (Å²) in [5.74, 6) is 0.803. The van der Waals surface area contributed by atoms with Crippen LogP contribution in [0.5, 0.6) is 0 Å². The summed E-state index contributed by atoms with van der Waals surface area (Å²) in [5.41, 5.74) is 20.9. The second kappa shape index (κ2) is 16.2. The quantitative estimate of drug-likeness (QED) is 0.159. The number of hydrogen-bond donors (Lipinski definition) is 0. The van der Waals surface area contributed by atoms with Crippen LogP contribution in [-0.4, -0.2) is 4.57 Å². The molecule has 0 fully saturated rings. The average molecular weight is 932 g/mol. The molecule has 1 aliphatic carbocycles. The number of anilines is 6. The molecule has 0 unspecified atom stereocenters. The Morgan fingerprint density at radius 3 is 1.73 bits per heavy atom. The van der Waals surface area contributed by atoms with Crippen LogP contribution in [0.2, 0.25) is 0 Å². The molecule has 11 aromatic carbocycles. The Hall–Kier alpha value is -9.64. The zero-order chi connectivity index (χ0) is 48.0. The van der Waals surface area contributed by atoms with E-state index in [1.807, 2.05) is 0 Å². The fourth-order valence-electron chi connectivity index (χ4n) is 12.4. The highest BCUT2D eigenvalue weighted by atomic mass is 16.3. The minimum Gasteiger partial charge on any atom is -0.456 e. The van der Waals surface area contributed by atoms with Crippen LogP contribution >= 0.6 is 0 Å². The van der Waals surface area contributed by atoms with Crippen molar-refractivity contribution in [3.8, 4) is 39.3 Å². The second-order valence-electron chi connectivity index (χ2n) is 19.2. The van der Waals surface area contributed by atoms with Gasteiger partial charge in [-0.05, 0) is 136 Å². The summed E-state index contributed by atoms with van der Waals surface area (Å²) >= 11 is 0. The number of fused-ring (bicyclic) bond motifs is 13. The minimum absolute atomic E-state index is 0.643. The first-order chi connectivity index (χ1) is 36.2. The number of hydrogen-bond acceptors (Lipinski definition) is 3. The van der Waals surface area contributed by atoms with Crippen molar-refractivity contribution in [3.63, 3.8) is 0 Å². The molecule has 1 spiro atoms. The van der Waals surface area contributed by atoms with Crippen molar-refractivity contribution in [1.82, 2.24) is 4.57 Å². The molecular formula is C69H45N3O. The number of furan rings is 1. The molecule has 0 saturated heterocycles. The average Bonchev–Trinajstić information content (AvgIpc) is 4.14. The Labute approximate surface area is 423 Å². The first-order valence-electron chi connectivity index (χ1n) is 25.1. The highest BCUT2D eigenvalue weighted by Crippen LogP contribution is 2.64. The monoisotopic (exact) mass is 931 g/mol. The molecule has 0 amide bonds. The van der Waals surface area contributed by atoms with Crippen LogP contribution in [0.3, 0.4) is 0 Å². The van der Waals surface area contributed by atoms with Gasteiger partial charge in [-0.15, -0.1) is 0 Å². The van der Waals surface area contributed by atoms with E-state index in [1.165, 1.54) is 44.5 Å². The van der Waals surface area contributed by atoms with E-state index in [0.717, 1.165) is 84.0 Å². The lowest BCUT2D eigenvalue weighted by Gasteiger charge is -2.45. The maximum atomic E-state index is 7.01. The van der Waals surface area contributed by atoms with Crippen molar-refractivity contribution < 1.29 is 4.42 Å². The van der Waals surface area contributed by atoms with Gasteiger partial charge in [-0.3, -0.25) is 0 Å². The fourth-order valence-corrected chi connectivity index (χ4v) is 12.4. The molecule has 2 aromatic heterocycles. The zero-order valence-electron chi connectivity index (χ0n) is 39.7. The first kappa shape index (κ1) is 41.2. The standard InChI is InChI=1S/C69H45N3O/c1-4-21-46(22-5-1)47-39-40-48-44-67(73-66(48)43-47)54-29-12-17-34-60(54)72(65-38-20-37-64-68(65)55-30-13-18-35-61(55)70(64)49-23-6-2-7-24-49)51-41-42-63-59(45-51)69(56-31-14-10-27-52(56)53-28-11-15-32-57(53)69)58-33-16-19-36-62(58)71(63)50-25-8-3-9-26-50/h1-45H. The molecular weight excluding hydrogens is 887 g/mol. The van der Waals surface area contributed by atoms with E-state index in [4.69, 9.17) is 4.42 Å². The predicted molar refractivity (Wildman–Crippen MR) is 302 cm³/mol. The molecule has 0 N–H and O–H groups in total. The van der Waals surface area contributed by atoms with Crippen molar-refractivity contribution in [2.45, 2.75) is 5.41 Å². The molecule has 13 aromatic rings. The van der Waals surface area contributed by atoms with Gasteiger partial charge in [0.2, 0.25) is 0 Å². The summed E-state index contributed by atoms with van der Waals surface area (Å²) in [6.07, 6.45) is 0. The van der Waals surface area contributed by atoms with Gasteiger partial charge >= 0.3 is 0 Å². The normalized spacial score (nSPS) is 13.0. The summed E-state index contributed by atoms with van der Waals surface area (Å²) in [7, 11) is 0. The SMILES string of the molecule is c1ccc(-c2ccc3cc(-c4ccccc4N(c4ccc5c(c4)C4(c6ccccc6-c6ccccc64)c4ccccc4N5c4ccccc4)c4cccc5c4c4ccccc4n5-c4ccccc4)oc3c2)cc1. The molecule has 15 rings (SSSR count). The van der Waals surface area contributed by atoms with Gasteiger partial charge in [0.1, 0.15) is 11.3 Å². The third-order valence-electron chi connectivity index (χ3n) is 15.4. The van der Waals surface area contributed by atoms with Crippen LogP contribution in [-0.2, 0) is 5.41 Å². The molecule has 0 radical (unpaired) electrons. The van der Waals surface area contributed by atoms with Crippen LogP contribution in [0.15, 0.2) is 277 Å². The van der Waals surface area contributed by atoms with Gasteiger partial charge in [0, 0.05) is 38.8 Å². The number of para-hydroxylation sites is 5.